The molecule has 0 bridgehead atoms. The Morgan fingerprint density at radius 3 is 2.27 bits per heavy atom. The van der Waals surface area contributed by atoms with Crippen LogP contribution >= 0.6 is 0 Å². The van der Waals surface area contributed by atoms with E-state index in [9.17, 15) is 13.2 Å². The summed E-state index contributed by atoms with van der Waals surface area (Å²) in [5, 5.41) is 2.68. The molecule has 2 aromatic carbocycles. The van der Waals surface area contributed by atoms with E-state index in [4.69, 9.17) is 9.47 Å². The van der Waals surface area contributed by atoms with Gasteiger partial charge in [0, 0.05) is 13.1 Å². The number of nitrogens with zero attached hydrogens (tertiary/aromatic N) is 1. The summed E-state index contributed by atoms with van der Waals surface area (Å²) in [5.41, 5.74) is 1.49. The largest absolute Gasteiger partial charge is 0.495 e. The third-order valence-electron chi connectivity index (χ3n) is 4.62. The Kier molecular flexibility index (Phi) is 8.68. The smallest absolute Gasteiger partial charge is 0.262 e. The maximum atomic E-state index is 12.8. The molecule has 0 fully saturated rings. The van der Waals surface area contributed by atoms with Crippen LogP contribution in [0, 0.1) is 0 Å². The predicted octanol–water partition coefficient (Wildman–Crippen LogP) is 3.70. The standard InChI is InChI=1S/C22H30N2O5S/c1-5-8-17-9-11-18(12-10-17)29-16-22(25)23-20-15-19(13-14-21(20)28-4)30(26,27)24(6-2)7-3/h9-15H,5-8,16H2,1-4H3,(H,23,25). The van der Waals surface area contributed by atoms with Crippen LogP contribution in [0.25, 0.3) is 0 Å². The number of sulfonamides is 1. The van der Waals surface area contributed by atoms with Gasteiger partial charge in [0.2, 0.25) is 10.0 Å². The highest BCUT2D eigenvalue weighted by atomic mass is 32.2. The normalized spacial score (nSPS) is 11.4. The van der Waals surface area contributed by atoms with Gasteiger partial charge in [-0.05, 0) is 42.3 Å². The molecule has 0 unspecified atom stereocenters. The van der Waals surface area contributed by atoms with Crippen LogP contribution in [-0.2, 0) is 21.2 Å². The molecule has 2 rings (SSSR count). The van der Waals surface area contributed by atoms with E-state index >= 15 is 0 Å². The summed E-state index contributed by atoms with van der Waals surface area (Å²) in [7, 11) is -2.20. The second kappa shape index (κ2) is 11.0. The molecule has 0 radical (unpaired) electrons. The van der Waals surface area contributed by atoms with E-state index < -0.39 is 15.9 Å². The van der Waals surface area contributed by atoms with Crippen molar-refractivity contribution in [2.24, 2.45) is 0 Å². The van der Waals surface area contributed by atoms with Crippen molar-refractivity contribution in [3.8, 4) is 11.5 Å². The van der Waals surface area contributed by atoms with E-state index in [1.165, 1.54) is 35.2 Å². The third kappa shape index (κ3) is 5.96. The van der Waals surface area contributed by atoms with Gasteiger partial charge < -0.3 is 14.8 Å². The minimum Gasteiger partial charge on any atom is -0.495 e. The van der Waals surface area contributed by atoms with Gasteiger partial charge in [-0.2, -0.15) is 4.31 Å². The summed E-state index contributed by atoms with van der Waals surface area (Å²) in [6, 6.07) is 12.0. The van der Waals surface area contributed by atoms with Crippen molar-refractivity contribution in [2.75, 3.05) is 32.1 Å². The lowest BCUT2D eigenvalue weighted by molar-refractivity contribution is -0.118. The van der Waals surface area contributed by atoms with Crippen LogP contribution in [0.4, 0.5) is 5.69 Å². The number of nitrogens with one attached hydrogen (secondary N) is 1. The van der Waals surface area contributed by atoms with Gasteiger partial charge in [0.15, 0.2) is 6.61 Å². The Morgan fingerprint density at radius 1 is 1.03 bits per heavy atom. The van der Waals surface area contributed by atoms with Gasteiger partial charge in [0.25, 0.3) is 5.91 Å². The van der Waals surface area contributed by atoms with Gasteiger partial charge in [-0.25, -0.2) is 8.42 Å². The van der Waals surface area contributed by atoms with Crippen molar-refractivity contribution in [1.82, 2.24) is 4.31 Å². The van der Waals surface area contributed by atoms with Gasteiger partial charge in [0.1, 0.15) is 11.5 Å². The van der Waals surface area contributed by atoms with Gasteiger partial charge in [-0.3, -0.25) is 4.79 Å². The molecular weight excluding hydrogens is 404 g/mol. The number of carbonyl (C=O) groups is 1. The minimum atomic E-state index is -3.65. The fraction of sp³-hybridized carbons (Fsp3) is 0.409. The molecule has 1 N–H and O–H groups in total. The molecule has 8 heteroatoms. The first-order valence-electron chi connectivity index (χ1n) is 10.0. The number of rotatable bonds is 11. The molecule has 0 aliphatic carbocycles. The second-order valence-corrected chi connectivity index (χ2v) is 8.62. The summed E-state index contributed by atoms with van der Waals surface area (Å²) in [5.74, 6) is 0.545. The van der Waals surface area contributed by atoms with Crippen LogP contribution in [0.15, 0.2) is 47.4 Å². The van der Waals surface area contributed by atoms with E-state index in [1.807, 2.05) is 24.3 Å². The molecule has 2 aromatic rings. The van der Waals surface area contributed by atoms with Gasteiger partial charge in [-0.15, -0.1) is 0 Å². The second-order valence-electron chi connectivity index (χ2n) is 6.68. The van der Waals surface area contributed by atoms with Crippen molar-refractivity contribution >= 4 is 21.6 Å². The minimum absolute atomic E-state index is 0.0923. The van der Waals surface area contributed by atoms with Gasteiger partial charge >= 0.3 is 0 Å². The molecular formula is C22H30N2O5S. The third-order valence-corrected chi connectivity index (χ3v) is 6.67. The first-order valence-corrected chi connectivity index (χ1v) is 11.5. The Hall–Kier alpha value is -2.58. The zero-order valence-corrected chi connectivity index (χ0v) is 18.8. The Morgan fingerprint density at radius 2 is 1.70 bits per heavy atom. The summed E-state index contributed by atoms with van der Waals surface area (Å²) >= 11 is 0. The fourth-order valence-corrected chi connectivity index (χ4v) is 4.52. The molecule has 164 valence electrons. The summed E-state index contributed by atoms with van der Waals surface area (Å²) in [4.78, 5) is 12.5. The first-order chi connectivity index (χ1) is 14.3. The molecule has 7 nitrogen and oxygen atoms in total. The number of hydrogen-bond acceptors (Lipinski definition) is 5. The highest BCUT2D eigenvalue weighted by Gasteiger charge is 2.23. The monoisotopic (exact) mass is 434 g/mol. The van der Waals surface area contributed by atoms with Crippen molar-refractivity contribution < 1.29 is 22.7 Å². The topological polar surface area (TPSA) is 84.9 Å². The van der Waals surface area contributed by atoms with Crippen molar-refractivity contribution in [3.63, 3.8) is 0 Å². The summed E-state index contributed by atoms with van der Waals surface area (Å²) in [6.45, 7) is 6.18. The van der Waals surface area contributed by atoms with Crippen LogP contribution in [0.1, 0.15) is 32.8 Å². The number of ether oxygens (including phenoxy) is 2. The molecule has 0 saturated heterocycles. The lowest BCUT2D eigenvalue weighted by Gasteiger charge is -2.19. The van der Waals surface area contributed by atoms with Gasteiger partial charge in [0.05, 0.1) is 17.7 Å². The Labute approximate surface area is 179 Å². The number of amides is 1. The molecule has 30 heavy (non-hydrogen) atoms. The van der Waals surface area contributed by atoms with Crippen molar-refractivity contribution in [3.05, 3.63) is 48.0 Å². The molecule has 0 saturated carbocycles. The quantitative estimate of drug-likeness (QED) is 0.583. The predicted molar refractivity (Wildman–Crippen MR) is 118 cm³/mol. The maximum Gasteiger partial charge on any atom is 0.262 e. The summed E-state index contributed by atoms with van der Waals surface area (Å²) in [6.07, 6.45) is 2.06. The summed E-state index contributed by atoms with van der Waals surface area (Å²) < 4.78 is 37.7. The molecule has 0 aromatic heterocycles. The highest BCUT2D eigenvalue weighted by molar-refractivity contribution is 7.89. The van der Waals surface area contributed by atoms with Crippen molar-refractivity contribution in [1.29, 1.82) is 0 Å². The van der Waals surface area contributed by atoms with E-state index in [-0.39, 0.29) is 17.2 Å². The molecule has 0 heterocycles. The number of carbonyl (C=O) groups excluding carboxylic acids is 1. The van der Waals surface area contributed by atoms with Gasteiger partial charge in [-0.1, -0.05) is 39.3 Å². The van der Waals surface area contributed by atoms with E-state index in [2.05, 4.69) is 12.2 Å². The maximum absolute atomic E-state index is 12.8. The van der Waals surface area contributed by atoms with Crippen LogP contribution in [0.5, 0.6) is 11.5 Å². The molecule has 0 atom stereocenters. The lowest BCUT2D eigenvalue weighted by Crippen LogP contribution is -2.30. The zero-order chi connectivity index (χ0) is 22.1. The zero-order valence-electron chi connectivity index (χ0n) is 18.0. The number of benzene rings is 2. The number of methoxy groups -OCH3 is 1. The first kappa shape index (κ1) is 23.7. The van der Waals surface area contributed by atoms with Crippen LogP contribution < -0.4 is 14.8 Å². The van der Waals surface area contributed by atoms with E-state index in [0.29, 0.717) is 24.6 Å². The molecule has 0 spiro atoms. The number of aryl methyl sites for hydroxylation is 1. The van der Waals surface area contributed by atoms with Crippen LogP contribution in [0.2, 0.25) is 0 Å². The number of hydrogen-bond donors (Lipinski definition) is 1. The Balaban J connectivity index is 2.11. The van der Waals surface area contributed by atoms with Crippen LogP contribution in [0.3, 0.4) is 0 Å². The van der Waals surface area contributed by atoms with Crippen molar-refractivity contribution in [2.45, 2.75) is 38.5 Å². The van der Waals surface area contributed by atoms with E-state index in [0.717, 1.165) is 12.8 Å². The van der Waals surface area contributed by atoms with E-state index in [1.54, 1.807) is 13.8 Å². The average Bonchev–Trinajstić information content (AvgIpc) is 2.74. The molecule has 0 aliphatic heterocycles. The SMILES string of the molecule is CCCc1ccc(OCC(=O)Nc2cc(S(=O)(=O)N(CC)CC)ccc2OC)cc1. The lowest BCUT2D eigenvalue weighted by atomic mass is 10.1. The molecule has 1 amide bonds. The number of anilines is 1. The Bertz CT molecular complexity index is 939. The average molecular weight is 435 g/mol. The fourth-order valence-electron chi connectivity index (χ4n) is 3.03. The molecule has 0 aliphatic rings. The van der Waals surface area contributed by atoms with Crippen LogP contribution in [-0.4, -0.2) is 45.4 Å². The highest BCUT2D eigenvalue weighted by Crippen LogP contribution is 2.29.